The number of hydrogen-bond donors (Lipinski definition) is 4. The van der Waals surface area contributed by atoms with Gasteiger partial charge in [-0.1, -0.05) is 74.3 Å². The highest BCUT2D eigenvalue weighted by Crippen LogP contribution is 2.52. The lowest BCUT2D eigenvalue weighted by atomic mass is 9.83. The normalized spacial score (nSPS) is 19.4. The quantitative estimate of drug-likeness (QED) is 0.0265. The van der Waals surface area contributed by atoms with Crippen molar-refractivity contribution in [3.63, 3.8) is 0 Å². The van der Waals surface area contributed by atoms with Crippen molar-refractivity contribution in [2.24, 2.45) is 12.5 Å². The number of carbonyl (C=O) groups is 3. The Morgan fingerprint density at radius 2 is 1.52 bits per heavy atom. The number of aliphatic hydroxyl groups excluding tert-OH is 1. The summed E-state index contributed by atoms with van der Waals surface area (Å²) in [6.07, 6.45) is -5.22. The SMILES string of the molecule is Cc1ncsc1-c1ccc(C(C)NC(=O)C2CC(O)CN2C(=O)C(NC(=O)CCCCCOc2ccc(N(CC(F)(F)F)S(=O)(=O)C3CC4OC3C(c3ccc(OCc5cnc([N+](=O)[O-])n5C)cc3)=C4c3ccc(O)cc3)cc2)C(C)(C)C)cc1. The average Bonchev–Trinajstić information content (AvgIpc) is 3.21. The van der Waals surface area contributed by atoms with Gasteiger partial charge in [-0.15, -0.1) is 11.3 Å². The number of halogens is 3. The number of likely N-dealkylation sites (tertiary alicyclic amines) is 1. The van der Waals surface area contributed by atoms with E-state index in [0.29, 0.717) is 57.3 Å². The number of nitrogens with one attached hydrogen (secondary N) is 2. The van der Waals surface area contributed by atoms with Crippen molar-refractivity contribution < 1.29 is 65.3 Å². The van der Waals surface area contributed by atoms with Crippen LogP contribution in [0.1, 0.15) is 100 Å². The van der Waals surface area contributed by atoms with E-state index in [2.05, 4.69) is 20.6 Å². The summed E-state index contributed by atoms with van der Waals surface area (Å²) in [4.78, 5) is 62.5. The fourth-order valence-corrected chi connectivity index (χ4v) is 13.8. The largest absolute Gasteiger partial charge is 0.508 e. The van der Waals surface area contributed by atoms with E-state index in [-0.39, 0.29) is 68.1 Å². The number of aromatic hydroxyl groups is 1. The number of carbonyl (C=O) groups excluding carboxylic acids is 3. The number of alkyl halides is 3. The van der Waals surface area contributed by atoms with Crippen LogP contribution < -0.4 is 24.4 Å². The van der Waals surface area contributed by atoms with Gasteiger partial charge in [0.05, 0.1) is 53.7 Å². The van der Waals surface area contributed by atoms with Crippen LogP contribution >= 0.6 is 11.3 Å². The maximum atomic E-state index is 14.7. The molecule has 3 amide bonds. The Bertz CT molecular complexity index is 3540. The van der Waals surface area contributed by atoms with Gasteiger partial charge in [0.1, 0.15) is 60.0 Å². The van der Waals surface area contributed by atoms with Crippen LogP contribution in [0.2, 0.25) is 0 Å². The van der Waals surface area contributed by atoms with Gasteiger partial charge in [-0.3, -0.25) is 18.7 Å². The fraction of sp³-hybridized carbons (Fsp3) is 0.417. The highest BCUT2D eigenvalue weighted by molar-refractivity contribution is 7.93. The van der Waals surface area contributed by atoms with Crippen LogP contribution in [0, 0.1) is 22.5 Å². The molecule has 7 atom stereocenters. The fourth-order valence-electron chi connectivity index (χ4n) is 11.0. The predicted octanol–water partition coefficient (Wildman–Crippen LogP) is 9.20. The standard InChI is InChI=1S/C60H67F3N8O12S2/c1-35(37-11-13-40(14-12-37)54-36(2)65-34-84-54)66-56(75)47-28-44(73)31-69(47)57(76)55(59(3,4)5)67-50(74)10-8-7-9-27-81-45-25-19-41(20-26-45)70(33-60(61,62)63)85(79,80)49-29-48-51(38-15-21-43(72)22-16-38)52(53(49)83-48)39-17-23-46(24-18-39)82-32-42-30-64-58(68(42)6)71(77)78/h11-26,30,34-35,44,47-49,53,55,72-73H,7-10,27-29,31-33H2,1-6H3,(H,66,75)(H,67,74). The zero-order valence-corrected chi connectivity index (χ0v) is 49.2. The molecule has 3 aliphatic heterocycles. The number of aliphatic hydroxyl groups is 1. The van der Waals surface area contributed by atoms with E-state index in [1.807, 2.05) is 38.1 Å². The third-order valence-corrected chi connectivity index (χ3v) is 18.6. The van der Waals surface area contributed by atoms with Crippen molar-refractivity contribution in [1.82, 2.24) is 30.1 Å². The number of rotatable bonds is 23. The van der Waals surface area contributed by atoms with E-state index in [1.165, 1.54) is 59.1 Å². The van der Waals surface area contributed by atoms with Gasteiger partial charge in [-0.2, -0.15) is 13.2 Å². The highest BCUT2D eigenvalue weighted by Gasteiger charge is 2.55. The molecule has 9 rings (SSSR count). The maximum absolute atomic E-state index is 14.7. The monoisotopic (exact) mass is 1210 g/mol. The summed E-state index contributed by atoms with van der Waals surface area (Å²) in [7, 11) is -3.33. The molecule has 85 heavy (non-hydrogen) atoms. The van der Waals surface area contributed by atoms with E-state index >= 15 is 0 Å². The summed E-state index contributed by atoms with van der Waals surface area (Å²) in [5, 5.41) is 36.5. The second-order valence-corrected chi connectivity index (χ2v) is 25.5. The molecule has 5 heterocycles. The number of β-amino-alcohol motifs (C(OH)–C–C–N with tert-alkyl or cyclic N) is 1. The van der Waals surface area contributed by atoms with Crippen molar-refractivity contribution in [2.45, 2.75) is 128 Å². The number of amides is 3. The van der Waals surface area contributed by atoms with Gasteiger partial charge in [0.2, 0.25) is 27.7 Å². The van der Waals surface area contributed by atoms with Crippen LogP contribution in [0.4, 0.5) is 24.8 Å². The number of nitrogens with zero attached hydrogens (tertiary/aromatic N) is 6. The second-order valence-electron chi connectivity index (χ2n) is 22.6. The number of aryl methyl sites for hydroxylation is 1. The summed E-state index contributed by atoms with van der Waals surface area (Å²) in [5.74, 6) is -1.02. The van der Waals surface area contributed by atoms with Gasteiger partial charge in [0, 0.05) is 19.4 Å². The van der Waals surface area contributed by atoms with Crippen LogP contribution in [0.15, 0.2) is 109 Å². The van der Waals surface area contributed by atoms with E-state index in [4.69, 9.17) is 14.2 Å². The third-order valence-electron chi connectivity index (χ3n) is 15.5. The Labute approximate surface area is 493 Å². The van der Waals surface area contributed by atoms with Gasteiger partial charge in [-0.05, 0) is 132 Å². The van der Waals surface area contributed by atoms with E-state index in [9.17, 15) is 56.3 Å². The van der Waals surface area contributed by atoms with Crippen molar-refractivity contribution in [3.05, 3.63) is 147 Å². The molecule has 3 aliphatic rings. The number of hydrogen-bond acceptors (Lipinski definition) is 15. The number of sulfonamides is 1. The number of benzene rings is 4. The number of nitro groups is 1. The lowest BCUT2D eigenvalue weighted by Gasteiger charge is -2.35. The Balaban J connectivity index is 0.789. The number of phenols is 1. The minimum absolute atomic E-state index is 0.0118. The number of thiazole rings is 1. The zero-order valence-electron chi connectivity index (χ0n) is 47.6. The first-order chi connectivity index (χ1) is 40.3. The zero-order chi connectivity index (χ0) is 61.1. The van der Waals surface area contributed by atoms with Gasteiger partial charge >= 0.3 is 12.1 Å². The number of aromatic nitrogens is 3. The molecule has 2 aromatic heterocycles. The molecular weight excluding hydrogens is 1150 g/mol. The highest BCUT2D eigenvalue weighted by atomic mass is 32.2. The van der Waals surface area contributed by atoms with Gasteiger partial charge in [0.25, 0.3) is 0 Å². The third kappa shape index (κ3) is 14.1. The van der Waals surface area contributed by atoms with Crippen LogP contribution in [0.5, 0.6) is 17.2 Å². The lowest BCUT2D eigenvalue weighted by Crippen LogP contribution is -2.57. The van der Waals surface area contributed by atoms with Crippen molar-refractivity contribution >= 4 is 61.9 Å². The Kier molecular flexibility index (Phi) is 18.4. The minimum Gasteiger partial charge on any atom is -0.508 e. The maximum Gasteiger partial charge on any atom is 0.434 e. The van der Waals surface area contributed by atoms with E-state index < -0.39 is 86.6 Å². The second kappa shape index (κ2) is 25.4. The predicted molar refractivity (Wildman–Crippen MR) is 312 cm³/mol. The molecule has 452 valence electrons. The molecular formula is C60H67F3N8O12S2. The molecule has 2 saturated heterocycles. The van der Waals surface area contributed by atoms with Crippen molar-refractivity contribution in [2.75, 3.05) is 24.0 Å². The molecule has 0 saturated carbocycles. The first-order valence-corrected chi connectivity index (χ1v) is 30.1. The Morgan fingerprint density at radius 3 is 2.14 bits per heavy atom. The van der Waals surface area contributed by atoms with Gasteiger partial charge in [-0.25, -0.2) is 18.0 Å². The summed E-state index contributed by atoms with van der Waals surface area (Å²) >= 11 is 1.54. The molecule has 4 aromatic carbocycles. The molecule has 0 radical (unpaired) electrons. The topological polar surface area (TPSA) is 258 Å². The molecule has 7 unspecified atom stereocenters. The molecule has 0 aliphatic carbocycles. The van der Waals surface area contributed by atoms with Gasteiger partial charge < -0.3 is 50.1 Å². The molecule has 4 N–H and O–H groups in total. The molecule has 20 nitrogen and oxygen atoms in total. The molecule has 0 spiro atoms. The number of fused-ring (bicyclic) bond motifs is 2. The number of phenolic OH excluding ortho intramolecular Hbond substituents is 1. The number of anilines is 1. The Morgan fingerprint density at radius 1 is 0.882 bits per heavy atom. The Hall–Kier alpha value is -7.87. The smallest absolute Gasteiger partial charge is 0.434 e. The summed E-state index contributed by atoms with van der Waals surface area (Å²) in [5.41, 5.74) is 6.19. The minimum atomic E-state index is -4.94. The van der Waals surface area contributed by atoms with Crippen LogP contribution in [-0.4, -0.2) is 122 Å². The lowest BCUT2D eigenvalue weighted by molar-refractivity contribution is -0.396. The summed E-state index contributed by atoms with van der Waals surface area (Å²) < 4.78 is 92.4. The molecule has 2 fully saturated rings. The number of ether oxygens (including phenoxy) is 3. The van der Waals surface area contributed by atoms with E-state index in [1.54, 1.807) is 74.0 Å². The molecule has 6 aromatic rings. The molecule has 2 bridgehead atoms. The average molecular weight is 1210 g/mol. The first kappa shape index (κ1) is 61.7. The summed E-state index contributed by atoms with van der Waals surface area (Å²) in [6, 6.07) is 23.5. The van der Waals surface area contributed by atoms with E-state index in [0.717, 1.165) is 21.7 Å². The van der Waals surface area contributed by atoms with Crippen molar-refractivity contribution in [3.8, 4) is 27.7 Å². The number of imidazole rings is 1. The summed E-state index contributed by atoms with van der Waals surface area (Å²) in [6.45, 7) is 7.41. The number of unbranched alkanes of at least 4 members (excludes halogenated alkanes) is 2. The van der Waals surface area contributed by atoms with Crippen molar-refractivity contribution in [1.29, 1.82) is 0 Å². The van der Waals surface area contributed by atoms with Crippen LogP contribution in [0.25, 0.3) is 21.6 Å². The van der Waals surface area contributed by atoms with Crippen LogP contribution in [0.3, 0.4) is 0 Å². The van der Waals surface area contributed by atoms with Crippen LogP contribution in [-0.2, 0) is 42.8 Å². The van der Waals surface area contributed by atoms with Gasteiger partial charge in [0.15, 0.2) is 5.69 Å². The molecule has 25 heteroatoms. The first-order valence-electron chi connectivity index (χ1n) is 27.7.